The minimum Gasteiger partial charge on any atom is -0.444 e. The van der Waals surface area contributed by atoms with Crippen molar-refractivity contribution < 1.29 is 23.1 Å². The van der Waals surface area contributed by atoms with Gasteiger partial charge in [0.05, 0.1) is 28.7 Å². The Hall–Kier alpha value is -4.12. The summed E-state index contributed by atoms with van der Waals surface area (Å²) in [4.78, 5) is 36.5. The molecule has 0 aliphatic carbocycles. The molecule has 40 heavy (non-hydrogen) atoms. The van der Waals surface area contributed by atoms with Gasteiger partial charge in [0, 0.05) is 29.9 Å². The number of carbonyl (C=O) groups excluding carboxylic acids is 2. The third-order valence-electron chi connectivity index (χ3n) is 6.37. The Labute approximate surface area is 234 Å². The van der Waals surface area contributed by atoms with Gasteiger partial charge in [-0.15, -0.1) is 11.3 Å². The van der Waals surface area contributed by atoms with E-state index in [0.29, 0.717) is 18.8 Å². The van der Waals surface area contributed by atoms with Gasteiger partial charge in [-0.1, -0.05) is 24.3 Å². The number of carbonyl (C=O) groups is 2. The van der Waals surface area contributed by atoms with Crippen molar-refractivity contribution in [2.75, 3.05) is 23.3 Å². The normalized spacial score (nSPS) is 15.6. The number of para-hydroxylation sites is 1. The Balaban J connectivity index is 1.42. The van der Waals surface area contributed by atoms with E-state index in [9.17, 15) is 18.4 Å². The first-order valence-electron chi connectivity index (χ1n) is 12.9. The van der Waals surface area contributed by atoms with Gasteiger partial charge in [0.25, 0.3) is 5.91 Å². The maximum absolute atomic E-state index is 14.3. The van der Waals surface area contributed by atoms with Gasteiger partial charge in [-0.3, -0.25) is 9.78 Å². The molecule has 0 spiro atoms. The molecule has 0 unspecified atom stereocenters. The Morgan fingerprint density at radius 3 is 2.60 bits per heavy atom. The number of rotatable bonds is 5. The molecule has 5 rings (SSSR count). The molecule has 1 atom stereocenters. The van der Waals surface area contributed by atoms with Crippen LogP contribution in [0.15, 0.2) is 54.0 Å². The summed E-state index contributed by atoms with van der Waals surface area (Å²) in [6.45, 7) is 6.65. The second kappa shape index (κ2) is 11.2. The van der Waals surface area contributed by atoms with Crippen LogP contribution >= 0.6 is 11.3 Å². The lowest BCUT2D eigenvalue weighted by atomic mass is 10.0. The number of pyridine rings is 1. The predicted molar refractivity (Wildman–Crippen MR) is 152 cm³/mol. The summed E-state index contributed by atoms with van der Waals surface area (Å²) >= 11 is 0.984. The average Bonchev–Trinajstić information content (AvgIpc) is 3.37. The smallest absolute Gasteiger partial charge is 0.407 e. The van der Waals surface area contributed by atoms with Crippen LogP contribution in [0.3, 0.4) is 0 Å². The van der Waals surface area contributed by atoms with Gasteiger partial charge in [-0.25, -0.2) is 18.6 Å². The van der Waals surface area contributed by atoms with E-state index < -0.39 is 29.2 Å². The molecule has 2 N–H and O–H groups in total. The maximum atomic E-state index is 14.3. The van der Waals surface area contributed by atoms with Gasteiger partial charge in [-0.2, -0.15) is 0 Å². The van der Waals surface area contributed by atoms with Crippen LogP contribution in [0.25, 0.3) is 21.5 Å². The number of ether oxygens (including phenoxy) is 1. The zero-order valence-electron chi connectivity index (χ0n) is 22.3. The highest BCUT2D eigenvalue weighted by Gasteiger charge is 2.27. The number of alkyl carbamates (subject to hydrolysis) is 1. The van der Waals surface area contributed by atoms with E-state index in [-0.39, 0.29) is 22.3 Å². The summed E-state index contributed by atoms with van der Waals surface area (Å²) in [7, 11) is 0. The molecule has 4 aromatic rings. The number of amides is 2. The first-order chi connectivity index (χ1) is 19.1. The summed E-state index contributed by atoms with van der Waals surface area (Å²) in [6, 6.07) is 11.0. The SMILES string of the molecule is CC(C)(C)OC(=O)N[C@H]1CCCN(c2c(NC(=O)c3csc(-c4c(F)cccc4F)n3)cnc3ccccc23)C1. The standard InChI is InChI=1S/C29H29F2N5O3S/c1-29(2,3)39-28(38)33-17-8-7-13-36(15-17)25-18-9-4-5-12-21(18)32-14-22(25)34-26(37)23-16-40-27(35-23)24-19(30)10-6-11-20(24)31/h4-6,9-12,14,16-17H,7-8,13,15H2,1-3H3,(H,33,38)(H,34,37)/t17-/m0/s1. The number of nitrogens with one attached hydrogen (secondary N) is 2. The van der Waals surface area contributed by atoms with E-state index in [2.05, 4.69) is 25.5 Å². The van der Waals surface area contributed by atoms with Crippen molar-refractivity contribution in [3.8, 4) is 10.6 Å². The van der Waals surface area contributed by atoms with Crippen LogP contribution < -0.4 is 15.5 Å². The van der Waals surface area contributed by atoms with Crippen LogP contribution in [0.2, 0.25) is 0 Å². The molecule has 0 saturated carbocycles. The van der Waals surface area contributed by atoms with E-state index in [1.54, 1.807) is 6.20 Å². The highest BCUT2D eigenvalue weighted by molar-refractivity contribution is 7.13. The number of halogens is 2. The lowest BCUT2D eigenvalue weighted by Gasteiger charge is -2.36. The number of hydrogen-bond acceptors (Lipinski definition) is 7. The minimum atomic E-state index is -0.748. The summed E-state index contributed by atoms with van der Waals surface area (Å²) in [5.74, 6) is -2.03. The number of nitrogens with zero attached hydrogens (tertiary/aromatic N) is 3. The van der Waals surface area contributed by atoms with Gasteiger partial charge < -0.3 is 20.3 Å². The van der Waals surface area contributed by atoms with Crippen molar-refractivity contribution in [2.24, 2.45) is 0 Å². The van der Waals surface area contributed by atoms with Crippen molar-refractivity contribution in [1.29, 1.82) is 0 Å². The van der Waals surface area contributed by atoms with Gasteiger partial charge in [0.2, 0.25) is 0 Å². The molecule has 0 radical (unpaired) electrons. The summed E-state index contributed by atoms with van der Waals surface area (Å²) in [5.41, 5.74) is 1.15. The monoisotopic (exact) mass is 565 g/mol. The Morgan fingerprint density at radius 2 is 1.85 bits per heavy atom. The fourth-order valence-electron chi connectivity index (χ4n) is 4.71. The highest BCUT2D eigenvalue weighted by atomic mass is 32.1. The molecule has 1 aliphatic rings. The molecule has 1 saturated heterocycles. The Bertz CT molecular complexity index is 1550. The molecule has 2 amide bonds. The summed E-state index contributed by atoms with van der Waals surface area (Å²) in [5, 5.41) is 8.24. The number of anilines is 2. The van der Waals surface area contributed by atoms with Gasteiger partial charge in [0.1, 0.15) is 27.9 Å². The second-order valence-corrected chi connectivity index (χ2v) is 11.4. The van der Waals surface area contributed by atoms with Crippen molar-refractivity contribution in [3.05, 3.63) is 71.4 Å². The lowest BCUT2D eigenvalue weighted by Crippen LogP contribution is -2.49. The van der Waals surface area contributed by atoms with Crippen LogP contribution in [-0.4, -0.2) is 46.7 Å². The van der Waals surface area contributed by atoms with Crippen LogP contribution in [0.5, 0.6) is 0 Å². The number of hydrogen-bond donors (Lipinski definition) is 2. The molecule has 0 bridgehead atoms. The molecule has 208 valence electrons. The fourth-order valence-corrected chi connectivity index (χ4v) is 5.56. The third kappa shape index (κ3) is 6.04. The summed E-state index contributed by atoms with van der Waals surface area (Å²) < 4.78 is 34.0. The van der Waals surface area contributed by atoms with E-state index in [1.807, 2.05) is 45.0 Å². The number of thiazole rings is 1. The topological polar surface area (TPSA) is 96.5 Å². The maximum Gasteiger partial charge on any atom is 0.407 e. The summed E-state index contributed by atoms with van der Waals surface area (Å²) in [6.07, 6.45) is 2.71. The number of fused-ring (bicyclic) bond motifs is 1. The van der Waals surface area contributed by atoms with Crippen molar-refractivity contribution in [1.82, 2.24) is 15.3 Å². The molecule has 8 nitrogen and oxygen atoms in total. The highest BCUT2D eigenvalue weighted by Crippen LogP contribution is 2.36. The third-order valence-corrected chi connectivity index (χ3v) is 7.23. The molecule has 1 fully saturated rings. The second-order valence-electron chi connectivity index (χ2n) is 10.6. The van der Waals surface area contributed by atoms with Gasteiger partial charge in [0.15, 0.2) is 0 Å². The molecule has 2 aromatic carbocycles. The van der Waals surface area contributed by atoms with Crippen LogP contribution in [-0.2, 0) is 4.74 Å². The van der Waals surface area contributed by atoms with E-state index in [4.69, 9.17) is 4.74 Å². The first kappa shape index (κ1) is 27.4. The van der Waals surface area contributed by atoms with Crippen molar-refractivity contribution >= 4 is 45.6 Å². The fraction of sp³-hybridized carbons (Fsp3) is 0.310. The molecule has 11 heteroatoms. The largest absolute Gasteiger partial charge is 0.444 e. The lowest BCUT2D eigenvalue weighted by molar-refractivity contribution is 0.0500. The van der Waals surface area contributed by atoms with Crippen LogP contribution in [0.1, 0.15) is 44.1 Å². The molecular formula is C29H29F2N5O3S. The van der Waals surface area contributed by atoms with Crippen LogP contribution in [0, 0.1) is 11.6 Å². The number of aromatic nitrogens is 2. The zero-order chi connectivity index (χ0) is 28.4. The number of benzene rings is 2. The zero-order valence-corrected chi connectivity index (χ0v) is 23.1. The van der Waals surface area contributed by atoms with E-state index in [0.717, 1.165) is 52.9 Å². The molecule has 3 heterocycles. The predicted octanol–water partition coefficient (Wildman–Crippen LogP) is 6.38. The Kier molecular flexibility index (Phi) is 7.66. The van der Waals surface area contributed by atoms with Crippen molar-refractivity contribution in [3.63, 3.8) is 0 Å². The first-order valence-corrected chi connectivity index (χ1v) is 13.8. The average molecular weight is 566 g/mol. The molecular weight excluding hydrogens is 536 g/mol. The van der Waals surface area contributed by atoms with Gasteiger partial charge in [-0.05, 0) is 51.8 Å². The van der Waals surface area contributed by atoms with Crippen LogP contribution in [0.4, 0.5) is 25.0 Å². The van der Waals surface area contributed by atoms with E-state index >= 15 is 0 Å². The quantitative estimate of drug-likeness (QED) is 0.291. The van der Waals surface area contributed by atoms with Crippen molar-refractivity contribution in [2.45, 2.75) is 45.3 Å². The van der Waals surface area contributed by atoms with Gasteiger partial charge >= 0.3 is 6.09 Å². The van der Waals surface area contributed by atoms with E-state index in [1.165, 1.54) is 11.4 Å². The Morgan fingerprint density at radius 1 is 1.10 bits per heavy atom. The minimum absolute atomic E-state index is 0.0323. The number of piperidine rings is 1. The molecule has 1 aliphatic heterocycles. The molecule has 2 aromatic heterocycles.